The molecule has 0 spiro atoms. The summed E-state index contributed by atoms with van der Waals surface area (Å²) in [7, 11) is 0. The van der Waals surface area contributed by atoms with E-state index in [0.29, 0.717) is 5.82 Å². The minimum absolute atomic E-state index is 0.0941. The van der Waals surface area contributed by atoms with E-state index in [-0.39, 0.29) is 5.41 Å². The van der Waals surface area contributed by atoms with E-state index >= 15 is 0 Å². The van der Waals surface area contributed by atoms with E-state index in [0.717, 1.165) is 11.4 Å². The van der Waals surface area contributed by atoms with E-state index in [9.17, 15) is 4.79 Å². The molecule has 4 heteroatoms. The van der Waals surface area contributed by atoms with Crippen LogP contribution in [0.1, 0.15) is 32.0 Å². The Labute approximate surface area is 112 Å². The van der Waals surface area contributed by atoms with Gasteiger partial charge in [-0.2, -0.15) is 5.10 Å². The lowest BCUT2D eigenvalue weighted by molar-refractivity contribution is 0.560. The second-order valence-corrected chi connectivity index (χ2v) is 5.59. The van der Waals surface area contributed by atoms with Gasteiger partial charge in [-0.25, -0.2) is 9.48 Å². The first-order valence-electron chi connectivity index (χ1n) is 6.17. The summed E-state index contributed by atoms with van der Waals surface area (Å²) in [6.45, 7) is 8.24. The molecule has 1 heterocycles. The zero-order chi connectivity index (χ0) is 14.0. The van der Waals surface area contributed by atoms with Gasteiger partial charge in [0.05, 0.1) is 11.4 Å². The zero-order valence-electron chi connectivity index (χ0n) is 11.6. The lowest BCUT2D eigenvalue weighted by Crippen LogP contribution is -2.12. The van der Waals surface area contributed by atoms with Crippen molar-refractivity contribution >= 4 is 11.9 Å². The fourth-order valence-corrected chi connectivity index (χ4v) is 1.74. The molecule has 0 amide bonds. The summed E-state index contributed by atoms with van der Waals surface area (Å²) in [5, 5.41) is 4.54. The van der Waals surface area contributed by atoms with Crippen LogP contribution in [0.25, 0.3) is 5.69 Å². The summed E-state index contributed by atoms with van der Waals surface area (Å²) in [5.41, 5.74) is 2.85. The average molecular weight is 255 g/mol. The number of hydrogen-bond donors (Lipinski definition) is 0. The molecule has 0 atom stereocenters. The smallest absolute Gasteiger partial charge is 0.214 e. The summed E-state index contributed by atoms with van der Waals surface area (Å²) in [4.78, 5) is 14.3. The molecule has 0 N–H and O–H groups in total. The van der Waals surface area contributed by atoms with Gasteiger partial charge in [-0.05, 0) is 19.1 Å². The summed E-state index contributed by atoms with van der Waals surface area (Å²) in [6, 6.07) is 9.74. The number of rotatable bonds is 2. The highest BCUT2D eigenvalue weighted by atomic mass is 16.1. The Morgan fingerprint density at radius 2 is 1.84 bits per heavy atom. The molecule has 2 aromatic rings. The van der Waals surface area contributed by atoms with Gasteiger partial charge in [0.2, 0.25) is 6.08 Å². The van der Waals surface area contributed by atoms with Gasteiger partial charge in [0, 0.05) is 11.5 Å². The van der Waals surface area contributed by atoms with Gasteiger partial charge in [-0.15, -0.1) is 4.99 Å². The van der Waals surface area contributed by atoms with Crippen molar-refractivity contribution in [2.75, 3.05) is 0 Å². The Balaban J connectivity index is 2.58. The monoisotopic (exact) mass is 255 g/mol. The lowest BCUT2D eigenvalue weighted by atomic mass is 9.92. The van der Waals surface area contributed by atoms with Crippen molar-refractivity contribution in [2.24, 2.45) is 4.99 Å². The number of isocyanates is 1. The molecule has 0 radical (unpaired) electrons. The topological polar surface area (TPSA) is 47.2 Å². The van der Waals surface area contributed by atoms with E-state index < -0.39 is 0 Å². The normalized spacial score (nSPS) is 11.2. The van der Waals surface area contributed by atoms with Gasteiger partial charge in [0.1, 0.15) is 0 Å². The van der Waals surface area contributed by atoms with Crippen LogP contribution in [-0.4, -0.2) is 15.9 Å². The van der Waals surface area contributed by atoms with E-state index in [1.165, 1.54) is 5.56 Å². The third kappa shape index (κ3) is 2.80. The van der Waals surface area contributed by atoms with Crippen molar-refractivity contribution in [1.82, 2.24) is 9.78 Å². The van der Waals surface area contributed by atoms with E-state index in [4.69, 9.17) is 0 Å². The second kappa shape index (κ2) is 4.82. The zero-order valence-corrected chi connectivity index (χ0v) is 11.6. The van der Waals surface area contributed by atoms with E-state index in [1.807, 2.05) is 37.3 Å². The first-order chi connectivity index (χ1) is 8.91. The molecule has 0 aliphatic carbocycles. The van der Waals surface area contributed by atoms with Crippen LogP contribution in [0.2, 0.25) is 0 Å². The number of nitrogens with zero attached hydrogens (tertiary/aromatic N) is 3. The Morgan fingerprint density at radius 1 is 1.21 bits per heavy atom. The predicted molar refractivity (Wildman–Crippen MR) is 74.8 cm³/mol. The van der Waals surface area contributed by atoms with Gasteiger partial charge >= 0.3 is 0 Å². The van der Waals surface area contributed by atoms with Crippen molar-refractivity contribution in [1.29, 1.82) is 0 Å². The molecule has 19 heavy (non-hydrogen) atoms. The molecule has 4 nitrogen and oxygen atoms in total. The molecule has 0 aliphatic heterocycles. The Bertz CT molecular complexity index is 626. The molecule has 98 valence electrons. The molecule has 0 unspecified atom stereocenters. The molecule has 0 bridgehead atoms. The lowest BCUT2D eigenvalue weighted by Gasteiger charge is -2.14. The third-order valence-corrected chi connectivity index (χ3v) is 2.90. The summed E-state index contributed by atoms with van der Waals surface area (Å²) in [6.07, 6.45) is 1.58. The van der Waals surface area contributed by atoms with Crippen LogP contribution < -0.4 is 0 Å². The molecule has 0 aliphatic rings. The maximum atomic E-state index is 10.5. The highest BCUT2D eigenvalue weighted by Gasteiger charge is 2.20. The molecule has 0 saturated carbocycles. The van der Waals surface area contributed by atoms with E-state index in [2.05, 4.69) is 30.9 Å². The largest absolute Gasteiger partial charge is 0.242 e. The standard InChI is InChI=1S/C15H17N3O/c1-11-5-7-12(8-6-11)18-14(16-10-19)9-13(17-18)15(2,3)4/h5-9H,1-4H3. The Hall–Kier alpha value is -2.19. The molecule has 0 saturated heterocycles. The fourth-order valence-electron chi connectivity index (χ4n) is 1.74. The molecular formula is C15H17N3O. The van der Waals surface area contributed by atoms with Crippen molar-refractivity contribution in [3.05, 3.63) is 41.6 Å². The SMILES string of the molecule is Cc1ccc(-n2nc(C(C)(C)C)cc2N=C=O)cc1. The summed E-state index contributed by atoms with van der Waals surface area (Å²) in [5.74, 6) is 0.503. The minimum Gasteiger partial charge on any atom is -0.214 e. The first-order valence-corrected chi connectivity index (χ1v) is 6.17. The highest BCUT2D eigenvalue weighted by Crippen LogP contribution is 2.27. The molecular weight excluding hydrogens is 238 g/mol. The van der Waals surface area contributed by atoms with Crippen LogP contribution in [0.3, 0.4) is 0 Å². The first kappa shape index (κ1) is 13.2. The van der Waals surface area contributed by atoms with Crippen molar-refractivity contribution in [2.45, 2.75) is 33.1 Å². The number of aliphatic imine (C=N–C) groups is 1. The van der Waals surface area contributed by atoms with Gasteiger partial charge in [0.15, 0.2) is 5.82 Å². The van der Waals surface area contributed by atoms with Crippen LogP contribution in [-0.2, 0) is 10.2 Å². The van der Waals surface area contributed by atoms with Gasteiger partial charge in [0.25, 0.3) is 0 Å². The minimum atomic E-state index is -0.0941. The maximum Gasteiger partial charge on any atom is 0.242 e. The second-order valence-electron chi connectivity index (χ2n) is 5.59. The Morgan fingerprint density at radius 3 is 2.37 bits per heavy atom. The van der Waals surface area contributed by atoms with Gasteiger partial charge in [-0.1, -0.05) is 38.5 Å². The summed E-state index contributed by atoms with van der Waals surface area (Å²) < 4.78 is 1.67. The van der Waals surface area contributed by atoms with Crippen molar-refractivity contribution < 1.29 is 4.79 Å². The van der Waals surface area contributed by atoms with Crippen molar-refractivity contribution in [3.63, 3.8) is 0 Å². The Kier molecular flexibility index (Phi) is 3.36. The third-order valence-electron chi connectivity index (χ3n) is 2.90. The van der Waals surface area contributed by atoms with Crippen molar-refractivity contribution in [3.8, 4) is 5.69 Å². The highest BCUT2D eigenvalue weighted by molar-refractivity contribution is 5.50. The van der Waals surface area contributed by atoms with Crippen LogP contribution in [0.15, 0.2) is 35.3 Å². The molecule has 1 aromatic carbocycles. The van der Waals surface area contributed by atoms with Crippen LogP contribution in [0.5, 0.6) is 0 Å². The fraction of sp³-hybridized carbons (Fsp3) is 0.333. The number of hydrogen-bond acceptors (Lipinski definition) is 3. The van der Waals surface area contributed by atoms with Crippen LogP contribution >= 0.6 is 0 Å². The van der Waals surface area contributed by atoms with Gasteiger partial charge in [-0.3, -0.25) is 0 Å². The van der Waals surface area contributed by atoms with E-state index in [1.54, 1.807) is 10.8 Å². The number of aromatic nitrogens is 2. The van der Waals surface area contributed by atoms with Crippen LogP contribution in [0, 0.1) is 6.92 Å². The summed E-state index contributed by atoms with van der Waals surface area (Å²) >= 11 is 0. The number of benzene rings is 1. The maximum absolute atomic E-state index is 10.5. The van der Waals surface area contributed by atoms with Crippen LogP contribution in [0.4, 0.5) is 5.82 Å². The predicted octanol–water partition coefficient (Wildman–Crippen LogP) is 3.45. The average Bonchev–Trinajstić information content (AvgIpc) is 2.74. The quantitative estimate of drug-likeness (QED) is 0.609. The number of aryl methyl sites for hydroxylation is 1. The molecule has 2 rings (SSSR count). The van der Waals surface area contributed by atoms with Gasteiger partial charge < -0.3 is 0 Å². The number of carbonyl (C=O) groups excluding carboxylic acids is 1. The molecule has 1 aromatic heterocycles. The molecule has 0 fully saturated rings.